The number of rotatable bonds is 8. The van der Waals surface area contributed by atoms with E-state index in [2.05, 4.69) is 10.0 Å². The molecule has 0 fully saturated rings. The van der Waals surface area contributed by atoms with Crippen LogP contribution in [0.1, 0.15) is 19.4 Å². The van der Waals surface area contributed by atoms with Crippen molar-refractivity contribution in [2.45, 2.75) is 18.7 Å². The van der Waals surface area contributed by atoms with Crippen LogP contribution in [-0.4, -0.2) is 26.3 Å². The molecule has 0 spiro atoms. The van der Waals surface area contributed by atoms with Crippen LogP contribution >= 0.6 is 0 Å². The van der Waals surface area contributed by atoms with Gasteiger partial charge in [0, 0.05) is 48.1 Å². The summed E-state index contributed by atoms with van der Waals surface area (Å²) in [5.74, 6) is -1.91. The van der Waals surface area contributed by atoms with Crippen LogP contribution in [0.4, 0.5) is 15.8 Å². The predicted octanol–water partition coefficient (Wildman–Crippen LogP) is 5.28. The average Bonchev–Trinajstić information content (AvgIpc) is 2.88. The Hall–Kier alpha value is -5.03. The van der Waals surface area contributed by atoms with E-state index in [1.54, 1.807) is 30.3 Å². The standard InChI is InChI=1S/C29H23FN2O7S/c1-18(33)38-23-15-20(16-24(17-23)39-19(2)34)9-14-29(35)31-27-7-3-6-26-25(27)5-4-8-28(26)40(36,37)32-22-12-10-21(30)11-13-22/h3-17,32H,1-2H3,(H,31,35)/b14-9+. The maximum absolute atomic E-state index is 13.2. The van der Waals surface area contributed by atoms with Gasteiger partial charge in [-0.15, -0.1) is 0 Å². The Kier molecular flexibility index (Phi) is 8.25. The topological polar surface area (TPSA) is 128 Å². The maximum atomic E-state index is 13.2. The van der Waals surface area contributed by atoms with Crippen LogP contribution in [0.15, 0.2) is 89.8 Å². The Bertz CT molecular complexity index is 1720. The number of hydrogen-bond acceptors (Lipinski definition) is 7. The van der Waals surface area contributed by atoms with Crippen LogP contribution in [0, 0.1) is 5.82 Å². The van der Waals surface area contributed by atoms with Crippen LogP contribution in [-0.2, 0) is 24.4 Å². The predicted molar refractivity (Wildman–Crippen MR) is 148 cm³/mol. The van der Waals surface area contributed by atoms with Gasteiger partial charge in [-0.1, -0.05) is 24.3 Å². The van der Waals surface area contributed by atoms with Crippen molar-refractivity contribution in [1.82, 2.24) is 0 Å². The van der Waals surface area contributed by atoms with Crippen molar-refractivity contribution in [3.63, 3.8) is 0 Å². The highest BCUT2D eigenvalue weighted by atomic mass is 32.2. The summed E-state index contributed by atoms with van der Waals surface area (Å²) in [6.07, 6.45) is 2.66. The summed E-state index contributed by atoms with van der Waals surface area (Å²) in [6.45, 7) is 2.45. The minimum atomic E-state index is -4.04. The highest BCUT2D eigenvalue weighted by Gasteiger charge is 2.19. The van der Waals surface area contributed by atoms with Crippen molar-refractivity contribution in [1.29, 1.82) is 0 Å². The summed E-state index contributed by atoms with van der Waals surface area (Å²) in [7, 11) is -4.04. The Balaban J connectivity index is 1.59. The van der Waals surface area contributed by atoms with Crippen molar-refractivity contribution in [3.8, 4) is 11.5 Å². The molecule has 0 aromatic heterocycles. The Labute approximate surface area is 229 Å². The highest BCUT2D eigenvalue weighted by Crippen LogP contribution is 2.30. The number of nitrogens with one attached hydrogen (secondary N) is 2. The monoisotopic (exact) mass is 562 g/mol. The molecule has 0 saturated heterocycles. The molecule has 4 aromatic carbocycles. The van der Waals surface area contributed by atoms with Crippen LogP contribution in [0.5, 0.6) is 11.5 Å². The molecule has 0 heterocycles. The van der Waals surface area contributed by atoms with Gasteiger partial charge in [0.2, 0.25) is 5.91 Å². The molecule has 2 N–H and O–H groups in total. The molecule has 40 heavy (non-hydrogen) atoms. The van der Waals surface area contributed by atoms with Crippen LogP contribution < -0.4 is 19.5 Å². The van der Waals surface area contributed by atoms with Crippen LogP contribution in [0.25, 0.3) is 16.8 Å². The van der Waals surface area contributed by atoms with Crippen molar-refractivity contribution in [3.05, 3.63) is 96.3 Å². The number of amides is 1. The van der Waals surface area contributed by atoms with Crippen molar-refractivity contribution >= 4 is 56.1 Å². The summed E-state index contributed by atoms with van der Waals surface area (Å²) in [5, 5.41) is 3.56. The number of esters is 2. The number of anilines is 2. The normalized spacial score (nSPS) is 11.3. The lowest BCUT2D eigenvalue weighted by molar-refractivity contribution is -0.132. The number of fused-ring (bicyclic) bond motifs is 1. The van der Waals surface area contributed by atoms with E-state index in [0.29, 0.717) is 22.0 Å². The molecule has 0 radical (unpaired) electrons. The van der Waals surface area contributed by atoms with Gasteiger partial charge in [-0.05, 0) is 60.2 Å². The van der Waals surface area contributed by atoms with Gasteiger partial charge in [0.05, 0.1) is 4.90 Å². The van der Waals surface area contributed by atoms with Gasteiger partial charge in [0.1, 0.15) is 17.3 Å². The van der Waals surface area contributed by atoms with Crippen LogP contribution in [0.2, 0.25) is 0 Å². The molecule has 4 rings (SSSR count). The first-order valence-electron chi connectivity index (χ1n) is 11.8. The van der Waals surface area contributed by atoms with E-state index in [0.717, 1.165) is 12.1 Å². The fourth-order valence-electron chi connectivity index (χ4n) is 3.84. The van der Waals surface area contributed by atoms with Gasteiger partial charge in [-0.3, -0.25) is 19.1 Å². The third-order valence-electron chi connectivity index (χ3n) is 5.38. The molecular weight excluding hydrogens is 539 g/mol. The number of benzene rings is 4. The van der Waals surface area contributed by atoms with Gasteiger partial charge in [0.15, 0.2) is 0 Å². The van der Waals surface area contributed by atoms with Gasteiger partial charge in [0.25, 0.3) is 10.0 Å². The average molecular weight is 563 g/mol. The van der Waals surface area contributed by atoms with E-state index in [9.17, 15) is 27.2 Å². The minimum Gasteiger partial charge on any atom is -0.427 e. The molecule has 0 atom stereocenters. The second-order valence-electron chi connectivity index (χ2n) is 8.52. The summed E-state index contributed by atoms with van der Waals surface area (Å²) in [4.78, 5) is 35.5. The van der Waals surface area contributed by atoms with Gasteiger partial charge < -0.3 is 14.8 Å². The lowest BCUT2D eigenvalue weighted by Gasteiger charge is -2.13. The summed E-state index contributed by atoms with van der Waals surface area (Å²) in [5.41, 5.74) is 0.978. The zero-order valence-electron chi connectivity index (χ0n) is 21.3. The van der Waals surface area contributed by atoms with Gasteiger partial charge in [-0.25, -0.2) is 12.8 Å². The van der Waals surface area contributed by atoms with E-state index in [-0.39, 0.29) is 22.1 Å². The van der Waals surface area contributed by atoms with Crippen molar-refractivity contribution in [2.75, 3.05) is 10.0 Å². The second kappa shape index (κ2) is 11.8. The van der Waals surface area contributed by atoms with E-state index < -0.39 is 33.7 Å². The molecule has 9 nitrogen and oxygen atoms in total. The molecule has 204 valence electrons. The molecule has 1 amide bonds. The third kappa shape index (κ3) is 7.08. The first kappa shape index (κ1) is 28.0. The fraction of sp³-hybridized carbons (Fsp3) is 0.0690. The summed E-state index contributed by atoms with van der Waals surface area (Å²) in [6, 6.07) is 18.7. The lowest BCUT2D eigenvalue weighted by atomic mass is 10.1. The molecule has 4 aromatic rings. The zero-order valence-corrected chi connectivity index (χ0v) is 22.1. The second-order valence-corrected chi connectivity index (χ2v) is 10.2. The summed E-state index contributed by atoms with van der Waals surface area (Å²) >= 11 is 0. The van der Waals surface area contributed by atoms with Crippen molar-refractivity contribution < 1.29 is 36.7 Å². The SMILES string of the molecule is CC(=O)Oc1cc(/C=C/C(=O)Nc2cccc3c(S(=O)(=O)Nc4ccc(F)cc4)cccc23)cc(OC(C)=O)c1. The molecule has 0 aliphatic carbocycles. The molecule has 0 saturated carbocycles. The first-order valence-corrected chi connectivity index (χ1v) is 13.3. The maximum Gasteiger partial charge on any atom is 0.308 e. The van der Waals surface area contributed by atoms with E-state index in [1.165, 1.54) is 62.4 Å². The molecule has 0 bridgehead atoms. The molecule has 11 heteroatoms. The van der Waals surface area contributed by atoms with Crippen LogP contribution in [0.3, 0.4) is 0 Å². The Morgan fingerprint density at radius 3 is 2.02 bits per heavy atom. The Morgan fingerprint density at radius 2 is 1.40 bits per heavy atom. The number of carbonyl (C=O) groups excluding carboxylic acids is 3. The smallest absolute Gasteiger partial charge is 0.308 e. The number of hydrogen-bond donors (Lipinski definition) is 2. The Morgan fingerprint density at radius 1 is 0.800 bits per heavy atom. The summed E-state index contributed by atoms with van der Waals surface area (Å²) < 4.78 is 52.0. The van der Waals surface area contributed by atoms with E-state index in [4.69, 9.17) is 9.47 Å². The quantitative estimate of drug-likeness (QED) is 0.170. The first-order chi connectivity index (χ1) is 19.0. The molecule has 0 aliphatic heterocycles. The largest absolute Gasteiger partial charge is 0.427 e. The molecule has 0 aliphatic rings. The van der Waals surface area contributed by atoms with Gasteiger partial charge >= 0.3 is 11.9 Å². The van der Waals surface area contributed by atoms with E-state index >= 15 is 0 Å². The number of carbonyl (C=O) groups is 3. The molecule has 0 unspecified atom stereocenters. The highest BCUT2D eigenvalue weighted by molar-refractivity contribution is 7.93. The number of halogens is 1. The third-order valence-corrected chi connectivity index (χ3v) is 6.82. The fourth-order valence-corrected chi connectivity index (χ4v) is 5.12. The number of ether oxygens (including phenoxy) is 2. The van der Waals surface area contributed by atoms with Gasteiger partial charge in [-0.2, -0.15) is 0 Å². The lowest BCUT2D eigenvalue weighted by Crippen LogP contribution is -2.14. The molecular formula is C29H23FN2O7S. The van der Waals surface area contributed by atoms with Crippen molar-refractivity contribution in [2.24, 2.45) is 0 Å². The number of sulfonamides is 1. The zero-order chi connectivity index (χ0) is 28.9. The van der Waals surface area contributed by atoms with E-state index in [1.807, 2.05) is 0 Å². The minimum absolute atomic E-state index is 0.0266.